The van der Waals surface area contributed by atoms with Gasteiger partial charge in [-0.3, -0.25) is 14.5 Å². The summed E-state index contributed by atoms with van der Waals surface area (Å²) in [6.45, 7) is 6.23. The molecule has 3 rings (SSSR count). The minimum atomic E-state index is -0.940. The van der Waals surface area contributed by atoms with Crippen LogP contribution >= 0.6 is 11.8 Å². The number of ether oxygens (including phenoxy) is 1. The Kier molecular flexibility index (Phi) is 5.18. The van der Waals surface area contributed by atoms with Gasteiger partial charge in [0.1, 0.15) is 6.04 Å². The fourth-order valence-corrected chi connectivity index (χ4v) is 3.87. The summed E-state index contributed by atoms with van der Waals surface area (Å²) in [5, 5.41) is 0.556. The first kappa shape index (κ1) is 18.3. The van der Waals surface area contributed by atoms with E-state index in [-0.39, 0.29) is 6.61 Å². The molecule has 0 saturated carbocycles. The smallest absolute Gasteiger partial charge is 0.329 e. The first-order chi connectivity index (χ1) is 12.5. The van der Waals surface area contributed by atoms with E-state index in [1.165, 1.54) is 6.92 Å². The third kappa shape index (κ3) is 3.14. The van der Waals surface area contributed by atoms with Crippen LogP contribution in [0.4, 0.5) is 4.79 Å². The third-order valence-electron chi connectivity index (χ3n) is 4.29. The van der Waals surface area contributed by atoms with Crippen LogP contribution < -0.4 is 0 Å². The summed E-state index contributed by atoms with van der Waals surface area (Å²) in [4.78, 5) is 38.1. The number of hydrogen-bond donors (Lipinski definition) is 0. The normalized spacial score (nSPS) is 17.3. The van der Waals surface area contributed by atoms with Crippen LogP contribution in [-0.2, 0) is 20.9 Å². The monoisotopic (exact) mass is 372 g/mol. The SMILES string of the molecule is CCOC(=O)[C@H](C)N1C(=O)S/C(=C/c2cn(CC)c3ccccc23)C1=O. The number of aryl methyl sites for hydroxylation is 1. The Morgan fingerprint density at radius 1 is 1.27 bits per heavy atom. The van der Waals surface area contributed by atoms with Gasteiger partial charge in [0.15, 0.2) is 0 Å². The largest absolute Gasteiger partial charge is 0.464 e. The summed E-state index contributed by atoms with van der Waals surface area (Å²) >= 11 is 0.847. The zero-order valence-electron chi connectivity index (χ0n) is 14.9. The second kappa shape index (κ2) is 7.37. The van der Waals surface area contributed by atoms with Crippen molar-refractivity contribution in [1.82, 2.24) is 9.47 Å². The number of imide groups is 1. The molecule has 1 fully saturated rings. The van der Waals surface area contributed by atoms with Gasteiger partial charge in [-0.1, -0.05) is 18.2 Å². The van der Waals surface area contributed by atoms with Crippen LogP contribution in [0.5, 0.6) is 0 Å². The minimum absolute atomic E-state index is 0.200. The minimum Gasteiger partial charge on any atom is -0.464 e. The Labute approximate surface area is 155 Å². The molecule has 1 aromatic carbocycles. The summed E-state index contributed by atoms with van der Waals surface area (Å²) in [7, 11) is 0. The lowest BCUT2D eigenvalue weighted by Crippen LogP contribution is -2.42. The summed E-state index contributed by atoms with van der Waals surface area (Å²) in [5.74, 6) is -1.05. The molecule has 6 nitrogen and oxygen atoms in total. The average Bonchev–Trinajstić information content (AvgIpc) is 3.12. The van der Waals surface area contributed by atoms with Crippen molar-refractivity contribution in [2.75, 3.05) is 6.61 Å². The number of carbonyl (C=O) groups excluding carboxylic acids is 3. The van der Waals surface area contributed by atoms with Crippen molar-refractivity contribution in [3.05, 3.63) is 40.9 Å². The molecule has 1 aliphatic rings. The summed E-state index contributed by atoms with van der Waals surface area (Å²) in [6.07, 6.45) is 3.69. The fraction of sp³-hybridized carbons (Fsp3) is 0.316. The van der Waals surface area contributed by atoms with Gasteiger partial charge >= 0.3 is 5.97 Å². The first-order valence-corrected chi connectivity index (χ1v) is 9.31. The Bertz CT molecular complexity index is 915. The number of fused-ring (bicyclic) bond motifs is 1. The molecule has 1 saturated heterocycles. The molecular weight excluding hydrogens is 352 g/mol. The molecule has 0 N–H and O–H groups in total. The molecule has 0 aliphatic carbocycles. The summed E-state index contributed by atoms with van der Waals surface area (Å²) < 4.78 is 7.01. The fourth-order valence-electron chi connectivity index (χ4n) is 2.98. The molecule has 0 bridgehead atoms. The van der Waals surface area contributed by atoms with Crippen LogP contribution in [0.3, 0.4) is 0 Å². The van der Waals surface area contributed by atoms with E-state index >= 15 is 0 Å². The van der Waals surface area contributed by atoms with E-state index in [1.54, 1.807) is 13.0 Å². The van der Waals surface area contributed by atoms with E-state index < -0.39 is 23.2 Å². The van der Waals surface area contributed by atoms with E-state index in [4.69, 9.17) is 4.74 Å². The van der Waals surface area contributed by atoms with Crippen molar-refractivity contribution in [2.45, 2.75) is 33.4 Å². The topological polar surface area (TPSA) is 68.6 Å². The molecule has 0 unspecified atom stereocenters. The zero-order chi connectivity index (χ0) is 18.8. The molecule has 1 aliphatic heterocycles. The second-order valence-electron chi connectivity index (χ2n) is 5.87. The van der Waals surface area contributed by atoms with E-state index in [2.05, 4.69) is 4.57 Å². The van der Waals surface area contributed by atoms with Gasteiger partial charge in [0.25, 0.3) is 11.1 Å². The quantitative estimate of drug-likeness (QED) is 0.592. The molecule has 2 aromatic rings. The molecule has 2 heterocycles. The number of amides is 2. The van der Waals surface area contributed by atoms with Crippen molar-refractivity contribution in [3.63, 3.8) is 0 Å². The molecule has 0 radical (unpaired) electrons. The molecule has 136 valence electrons. The highest BCUT2D eigenvalue weighted by Gasteiger charge is 2.41. The second-order valence-corrected chi connectivity index (χ2v) is 6.86. The van der Waals surface area contributed by atoms with E-state index in [1.807, 2.05) is 37.4 Å². The average molecular weight is 372 g/mol. The predicted molar refractivity (Wildman–Crippen MR) is 102 cm³/mol. The number of rotatable bonds is 5. The van der Waals surface area contributed by atoms with Crippen molar-refractivity contribution in [1.29, 1.82) is 0 Å². The van der Waals surface area contributed by atoms with Crippen molar-refractivity contribution in [3.8, 4) is 0 Å². The Morgan fingerprint density at radius 2 is 2.00 bits per heavy atom. The lowest BCUT2D eigenvalue weighted by atomic mass is 10.1. The van der Waals surface area contributed by atoms with Gasteiger partial charge in [0.2, 0.25) is 0 Å². The molecule has 1 atom stereocenters. The Balaban J connectivity index is 1.95. The van der Waals surface area contributed by atoms with Gasteiger partial charge in [-0.25, -0.2) is 4.79 Å². The molecular formula is C19H20N2O4S. The van der Waals surface area contributed by atoms with Gasteiger partial charge in [0.05, 0.1) is 11.5 Å². The van der Waals surface area contributed by atoms with Crippen LogP contribution in [0, 0.1) is 0 Å². The maximum atomic E-state index is 12.7. The van der Waals surface area contributed by atoms with Gasteiger partial charge in [-0.05, 0) is 44.7 Å². The highest BCUT2D eigenvalue weighted by atomic mass is 32.2. The number of aromatic nitrogens is 1. The molecule has 26 heavy (non-hydrogen) atoms. The lowest BCUT2D eigenvalue weighted by molar-refractivity contribution is -0.150. The Hall–Kier alpha value is -2.54. The van der Waals surface area contributed by atoms with Crippen molar-refractivity contribution >= 4 is 45.9 Å². The number of para-hydroxylation sites is 1. The van der Waals surface area contributed by atoms with Crippen LogP contribution in [0.15, 0.2) is 35.4 Å². The molecule has 2 amide bonds. The van der Waals surface area contributed by atoms with Crippen molar-refractivity contribution in [2.24, 2.45) is 0 Å². The summed E-state index contributed by atoms with van der Waals surface area (Å²) in [5.41, 5.74) is 1.94. The highest BCUT2D eigenvalue weighted by molar-refractivity contribution is 8.18. The summed E-state index contributed by atoms with van der Waals surface area (Å²) in [6, 6.07) is 6.97. The molecule has 7 heteroatoms. The van der Waals surface area contributed by atoms with E-state index in [0.717, 1.165) is 39.7 Å². The van der Waals surface area contributed by atoms with Gasteiger partial charge in [-0.2, -0.15) is 0 Å². The third-order valence-corrected chi connectivity index (χ3v) is 5.17. The van der Waals surface area contributed by atoms with Gasteiger partial charge < -0.3 is 9.30 Å². The van der Waals surface area contributed by atoms with Crippen LogP contribution in [0.2, 0.25) is 0 Å². The van der Waals surface area contributed by atoms with Gasteiger partial charge in [0, 0.05) is 29.2 Å². The van der Waals surface area contributed by atoms with E-state index in [0.29, 0.717) is 4.91 Å². The number of nitrogens with zero attached hydrogens (tertiary/aromatic N) is 2. The lowest BCUT2D eigenvalue weighted by Gasteiger charge is -2.19. The zero-order valence-corrected chi connectivity index (χ0v) is 15.7. The predicted octanol–water partition coefficient (Wildman–Crippen LogP) is 3.65. The van der Waals surface area contributed by atoms with Crippen LogP contribution in [0.25, 0.3) is 17.0 Å². The first-order valence-electron chi connectivity index (χ1n) is 8.49. The van der Waals surface area contributed by atoms with Crippen LogP contribution in [0.1, 0.15) is 26.3 Å². The number of thioether (sulfide) groups is 1. The standard InChI is InChI=1S/C19H20N2O4S/c1-4-20-11-13(14-8-6-7-9-15(14)20)10-16-17(22)21(19(24)26-16)12(3)18(23)25-5-2/h6-12H,4-5H2,1-3H3/b16-10+/t12-/m0/s1. The highest BCUT2D eigenvalue weighted by Crippen LogP contribution is 2.35. The number of hydrogen-bond acceptors (Lipinski definition) is 5. The van der Waals surface area contributed by atoms with E-state index in [9.17, 15) is 14.4 Å². The molecule has 1 aromatic heterocycles. The molecule has 0 spiro atoms. The maximum absolute atomic E-state index is 12.7. The van der Waals surface area contributed by atoms with Crippen molar-refractivity contribution < 1.29 is 19.1 Å². The van der Waals surface area contributed by atoms with Crippen LogP contribution in [-0.4, -0.2) is 39.2 Å². The Morgan fingerprint density at radius 3 is 2.69 bits per heavy atom. The number of benzene rings is 1. The maximum Gasteiger partial charge on any atom is 0.329 e. The number of esters is 1. The number of carbonyl (C=O) groups is 3. The van der Waals surface area contributed by atoms with Gasteiger partial charge in [-0.15, -0.1) is 0 Å².